The molecular formula is C14H26N2O5. The summed E-state index contributed by atoms with van der Waals surface area (Å²) in [6.45, 7) is 6.43. The topological polar surface area (TPSA) is 88.1 Å². The zero-order valence-corrected chi connectivity index (χ0v) is 13.2. The van der Waals surface area contributed by atoms with Crippen LogP contribution in [0.15, 0.2) is 0 Å². The molecule has 0 spiro atoms. The van der Waals surface area contributed by atoms with E-state index in [2.05, 4.69) is 5.32 Å². The van der Waals surface area contributed by atoms with Gasteiger partial charge in [0.25, 0.3) is 0 Å². The summed E-state index contributed by atoms with van der Waals surface area (Å²) in [5.41, 5.74) is -0.635. The second-order valence-corrected chi connectivity index (χ2v) is 6.18. The lowest BCUT2D eigenvalue weighted by molar-refractivity contribution is -0.125. The molecule has 2 atom stereocenters. The number of carbonyl (C=O) groups excluding carboxylic acids is 2. The number of methoxy groups -OCH3 is 1. The van der Waals surface area contributed by atoms with Gasteiger partial charge in [-0.15, -0.1) is 0 Å². The average Bonchev–Trinajstić information content (AvgIpc) is 2.75. The first kappa shape index (κ1) is 17.7. The molecule has 0 aliphatic carbocycles. The number of hydrogen-bond donors (Lipinski definition) is 2. The van der Waals surface area contributed by atoms with Gasteiger partial charge in [-0.05, 0) is 27.2 Å². The molecule has 1 rings (SSSR count). The Kier molecular flexibility index (Phi) is 6.42. The van der Waals surface area contributed by atoms with Crippen molar-refractivity contribution in [1.82, 2.24) is 10.2 Å². The quantitative estimate of drug-likeness (QED) is 0.722. The monoisotopic (exact) mass is 302 g/mol. The molecule has 0 unspecified atom stereocenters. The molecule has 0 bridgehead atoms. The molecule has 0 aromatic heterocycles. The normalized spacial score (nSPS) is 22.2. The van der Waals surface area contributed by atoms with Crippen LogP contribution in [-0.2, 0) is 14.3 Å². The van der Waals surface area contributed by atoms with Gasteiger partial charge in [-0.2, -0.15) is 0 Å². The van der Waals surface area contributed by atoms with Crippen LogP contribution in [-0.4, -0.2) is 66.6 Å². The maximum atomic E-state index is 12.1. The number of carbonyl (C=O) groups is 2. The maximum absolute atomic E-state index is 12.1. The van der Waals surface area contributed by atoms with Gasteiger partial charge in [0.1, 0.15) is 11.6 Å². The highest BCUT2D eigenvalue weighted by Gasteiger charge is 2.40. The molecule has 0 radical (unpaired) electrons. The Bertz CT molecular complexity index is 367. The fraction of sp³-hybridized carbons (Fsp3) is 0.857. The van der Waals surface area contributed by atoms with Gasteiger partial charge in [0, 0.05) is 26.7 Å². The third-order valence-corrected chi connectivity index (χ3v) is 3.03. The van der Waals surface area contributed by atoms with Crippen molar-refractivity contribution in [3.8, 4) is 0 Å². The molecule has 21 heavy (non-hydrogen) atoms. The Balaban J connectivity index is 2.57. The first-order valence-corrected chi connectivity index (χ1v) is 7.19. The Morgan fingerprint density at radius 2 is 2.05 bits per heavy atom. The molecule has 2 N–H and O–H groups in total. The van der Waals surface area contributed by atoms with Crippen molar-refractivity contribution in [2.24, 2.45) is 0 Å². The van der Waals surface area contributed by atoms with E-state index in [0.717, 1.165) is 0 Å². The number of nitrogens with one attached hydrogen (secondary N) is 1. The molecule has 0 aromatic carbocycles. The molecule has 0 saturated carbocycles. The van der Waals surface area contributed by atoms with Gasteiger partial charge in [0.15, 0.2) is 0 Å². The number of amides is 2. The number of nitrogens with zero attached hydrogens (tertiary/aromatic N) is 1. The summed E-state index contributed by atoms with van der Waals surface area (Å²) in [6.07, 6.45) is -0.345. The van der Waals surface area contributed by atoms with Gasteiger partial charge in [0.05, 0.1) is 12.6 Å². The van der Waals surface area contributed by atoms with Crippen molar-refractivity contribution in [1.29, 1.82) is 0 Å². The largest absolute Gasteiger partial charge is 0.444 e. The van der Waals surface area contributed by atoms with E-state index in [9.17, 15) is 14.7 Å². The molecule has 2 amide bonds. The zero-order chi connectivity index (χ0) is 16.0. The summed E-state index contributed by atoms with van der Waals surface area (Å²) in [5.74, 6) is -0.270. The van der Waals surface area contributed by atoms with Gasteiger partial charge in [0.2, 0.25) is 5.91 Å². The molecule has 1 heterocycles. The van der Waals surface area contributed by atoms with Crippen molar-refractivity contribution in [3.05, 3.63) is 0 Å². The van der Waals surface area contributed by atoms with Crippen molar-refractivity contribution >= 4 is 12.0 Å². The van der Waals surface area contributed by atoms with Crippen molar-refractivity contribution in [2.75, 3.05) is 26.8 Å². The standard InChI is InChI=1S/C14H26N2O5/c1-14(2,3)21-13(19)16-9-10(17)8-11(16)12(18)15-6-5-7-20-4/h10-11,17H,5-9H2,1-4H3,(H,15,18)/t10-,11-/m0/s1. The summed E-state index contributed by atoms with van der Waals surface area (Å²) in [7, 11) is 1.60. The first-order valence-electron chi connectivity index (χ1n) is 7.19. The molecule has 1 aliphatic rings. The SMILES string of the molecule is COCCCNC(=O)[C@@H]1C[C@H](O)CN1C(=O)OC(C)(C)C. The van der Waals surface area contributed by atoms with Crippen LogP contribution in [0.1, 0.15) is 33.6 Å². The molecule has 7 heteroatoms. The number of aliphatic hydroxyl groups excluding tert-OH is 1. The highest BCUT2D eigenvalue weighted by Crippen LogP contribution is 2.21. The minimum atomic E-state index is -0.702. The fourth-order valence-electron chi connectivity index (χ4n) is 2.13. The third-order valence-electron chi connectivity index (χ3n) is 3.03. The average molecular weight is 302 g/mol. The van der Waals surface area contributed by atoms with E-state index >= 15 is 0 Å². The highest BCUT2D eigenvalue weighted by atomic mass is 16.6. The van der Waals surface area contributed by atoms with Crippen LogP contribution in [0.2, 0.25) is 0 Å². The molecule has 0 aromatic rings. The summed E-state index contributed by atoms with van der Waals surface area (Å²) in [5, 5.41) is 12.5. The van der Waals surface area contributed by atoms with Crippen LogP contribution in [0.3, 0.4) is 0 Å². The summed E-state index contributed by atoms with van der Waals surface area (Å²) < 4.78 is 10.2. The van der Waals surface area contributed by atoms with Crippen molar-refractivity contribution in [3.63, 3.8) is 0 Å². The van der Waals surface area contributed by atoms with Gasteiger partial charge < -0.3 is 19.9 Å². The number of likely N-dealkylation sites (tertiary alicyclic amines) is 1. The van der Waals surface area contributed by atoms with Gasteiger partial charge >= 0.3 is 6.09 Å². The second-order valence-electron chi connectivity index (χ2n) is 6.18. The third kappa shape index (κ3) is 5.89. The number of rotatable bonds is 5. The highest BCUT2D eigenvalue weighted by molar-refractivity contribution is 5.86. The number of ether oxygens (including phenoxy) is 2. The van der Waals surface area contributed by atoms with E-state index in [4.69, 9.17) is 9.47 Å². The summed E-state index contributed by atoms with van der Waals surface area (Å²) in [4.78, 5) is 25.5. The van der Waals surface area contributed by atoms with Gasteiger partial charge in [-0.3, -0.25) is 9.69 Å². The van der Waals surface area contributed by atoms with Crippen molar-refractivity contribution in [2.45, 2.75) is 51.4 Å². The van der Waals surface area contributed by atoms with Crippen LogP contribution in [0.25, 0.3) is 0 Å². The van der Waals surface area contributed by atoms with Crippen molar-refractivity contribution < 1.29 is 24.2 Å². The minimum Gasteiger partial charge on any atom is -0.444 e. The lowest BCUT2D eigenvalue weighted by atomic mass is 10.2. The van der Waals surface area contributed by atoms with Gasteiger partial charge in [-0.25, -0.2) is 4.79 Å². The summed E-state index contributed by atoms with van der Waals surface area (Å²) >= 11 is 0. The molecule has 7 nitrogen and oxygen atoms in total. The molecular weight excluding hydrogens is 276 g/mol. The Labute approximate surface area is 125 Å². The fourth-order valence-corrected chi connectivity index (χ4v) is 2.13. The molecule has 1 fully saturated rings. The zero-order valence-electron chi connectivity index (χ0n) is 13.2. The lowest BCUT2D eigenvalue weighted by Crippen LogP contribution is -2.47. The number of aliphatic hydroxyl groups is 1. The Hall–Kier alpha value is -1.34. The smallest absolute Gasteiger partial charge is 0.411 e. The van der Waals surface area contributed by atoms with Crippen LogP contribution in [0.4, 0.5) is 4.79 Å². The van der Waals surface area contributed by atoms with E-state index in [1.807, 2.05) is 0 Å². The maximum Gasteiger partial charge on any atom is 0.411 e. The molecule has 122 valence electrons. The molecule has 1 aliphatic heterocycles. The van der Waals surface area contributed by atoms with Crippen LogP contribution in [0.5, 0.6) is 0 Å². The second kappa shape index (κ2) is 7.61. The summed E-state index contributed by atoms with van der Waals surface area (Å²) in [6, 6.07) is -0.683. The van der Waals surface area contributed by atoms with Gasteiger partial charge in [-0.1, -0.05) is 0 Å². The van der Waals surface area contributed by atoms with E-state index < -0.39 is 23.8 Å². The minimum absolute atomic E-state index is 0.116. The lowest BCUT2D eigenvalue weighted by Gasteiger charge is -2.27. The van der Waals surface area contributed by atoms with E-state index in [1.54, 1.807) is 27.9 Å². The van der Waals surface area contributed by atoms with Crippen LogP contribution < -0.4 is 5.32 Å². The predicted octanol–water partition coefficient (Wildman–Crippen LogP) is 0.509. The predicted molar refractivity (Wildman–Crippen MR) is 76.9 cm³/mol. The molecule has 1 saturated heterocycles. The number of hydrogen-bond acceptors (Lipinski definition) is 5. The van der Waals surface area contributed by atoms with E-state index in [1.165, 1.54) is 4.90 Å². The van der Waals surface area contributed by atoms with Crippen LogP contribution in [0, 0.1) is 0 Å². The Morgan fingerprint density at radius 3 is 2.62 bits per heavy atom. The first-order chi connectivity index (χ1) is 9.74. The van der Waals surface area contributed by atoms with Crippen LogP contribution >= 0.6 is 0 Å². The van der Waals surface area contributed by atoms with E-state index in [-0.39, 0.29) is 18.9 Å². The van der Waals surface area contributed by atoms with E-state index in [0.29, 0.717) is 19.6 Å². The number of β-amino-alcohol motifs (C(OH)–C–C–N with tert-alkyl or cyclic N) is 1. The Morgan fingerprint density at radius 1 is 1.38 bits per heavy atom.